The normalized spacial score (nSPS) is 13.0. The van der Waals surface area contributed by atoms with Crippen LogP contribution in [0.3, 0.4) is 0 Å². The van der Waals surface area contributed by atoms with Crippen molar-refractivity contribution in [2.24, 2.45) is 5.92 Å². The Morgan fingerprint density at radius 2 is 2.22 bits per heavy atom. The lowest BCUT2D eigenvalue weighted by molar-refractivity contribution is -0.121. The smallest absolute Gasteiger partial charge is 0.220 e. The van der Waals surface area contributed by atoms with Crippen LogP contribution in [-0.4, -0.2) is 42.6 Å². The molecule has 0 aliphatic heterocycles. The minimum absolute atomic E-state index is 0.0545. The molecule has 0 fully saturated rings. The quantitative estimate of drug-likeness (QED) is 0.796. The van der Waals surface area contributed by atoms with E-state index in [9.17, 15) is 4.79 Å². The summed E-state index contributed by atoms with van der Waals surface area (Å²) in [4.78, 5) is 13.8. The van der Waals surface area contributed by atoms with Crippen LogP contribution in [0.2, 0.25) is 0 Å². The molecular formula is C13H23N3O2. The van der Waals surface area contributed by atoms with Crippen LogP contribution in [-0.2, 0) is 11.2 Å². The largest absolute Gasteiger partial charge is 0.361 e. The number of carbonyl (C=O) groups excluding carboxylic acids is 1. The van der Waals surface area contributed by atoms with Crippen molar-refractivity contribution in [1.29, 1.82) is 0 Å². The molecule has 1 unspecified atom stereocenters. The number of nitrogens with one attached hydrogen (secondary N) is 1. The predicted molar refractivity (Wildman–Crippen MR) is 70.1 cm³/mol. The van der Waals surface area contributed by atoms with Crippen molar-refractivity contribution in [2.45, 2.75) is 32.7 Å². The molecule has 1 aromatic heterocycles. The third-order valence-electron chi connectivity index (χ3n) is 3.03. The topological polar surface area (TPSA) is 58.4 Å². The fourth-order valence-electron chi connectivity index (χ4n) is 1.93. The molecule has 1 heterocycles. The molecule has 0 aromatic carbocycles. The SMILES string of the molecule is CC(C)C(CNC(=O)CCc1ccno1)N(C)C. The minimum atomic E-state index is 0.0545. The maximum atomic E-state index is 11.7. The van der Waals surface area contributed by atoms with E-state index in [4.69, 9.17) is 4.52 Å². The summed E-state index contributed by atoms with van der Waals surface area (Å²) in [5, 5.41) is 6.57. The van der Waals surface area contributed by atoms with Gasteiger partial charge in [0.05, 0.1) is 6.20 Å². The number of carbonyl (C=O) groups is 1. The van der Waals surface area contributed by atoms with E-state index < -0.39 is 0 Å². The molecule has 0 aliphatic rings. The first-order valence-electron chi connectivity index (χ1n) is 6.33. The van der Waals surface area contributed by atoms with Gasteiger partial charge < -0.3 is 14.7 Å². The van der Waals surface area contributed by atoms with E-state index in [0.717, 1.165) is 5.76 Å². The minimum Gasteiger partial charge on any atom is -0.361 e. The molecule has 1 N–H and O–H groups in total. The summed E-state index contributed by atoms with van der Waals surface area (Å²) in [5.74, 6) is 1.31. The van der Waals surface area contributed by atoms with Crippen LogP contribution in [0.1, 0.15) is 26.0 Å². The Hall–Kier alpha value is -1.36. The van der Waals surface area contributed by atoms with Gasteiger partial charge in [0.1, 0.15) is 5.76 Å². The van der Waals surface area contributed by atoms with Gasteiger partial charge in [-0.25, -0.2) is 0 Å². The van der Waals surface area contributed by atoms with Crippen LogP contribution >= 0.6 is 0 Å². The van der Waals surface area contributed by atoms with E-state index in [1.54, 1.807) is 12.3 Å². The number of amides is 1. The van der Waals surface area contributed by atoms with Crippen molar-refractivity contribution >= 4 is 5.91 Å². The zero-order valence-corrected chi connectivity index (χ0v) is 11.6. The van der Waals surface area contributed by atoms with Crippen molar-refractivity contribution in [2.75, 3.05) is 20.6 Å². The highest BCUT2D eigenvalue weighted by molar-refractivity contribution is 5.76. The van der Waals surface area contributed by atoms with E-state index in [1.165, 1.54) is 0 Å². The van der Waals surface area contributed by atoms with E-state index in [1.807, 2.05) is 14.1 Å². The molecule has 1 amide bonds. The molecule has 1 rings (SSSR count). The monoisotopic (exact) mass is 253 g/mol. The first-order valence-corrected chi connectivity index (χ1v) is 6.33. The fourth-order valence-corrected chi connectivity index (χ4v) is 1.93. The Labute approximate surface area is 109 Å². The summed E-state index contributed by atoms with van der Waals surface area (Å²) < 4.78 is 4.95. The van der Waals surface area contributed by atoms with Gasteiger partial charge in [0.2, 0.25) is 5.91 Å². The number of hydrogen-bond acceptors (Lipinski definition) is 4. The van der Waals surface area contributed by atoms with Crippen molar-refractivity contribution in [3.05, 3.63) is 18.0 Å². The van der Waals surface area contributed by atoms with Gasteiger partial charge in [0, 0.05) is 31.5 Å². The Morgan fingerprint density at radius 1 is 1.50 bits per heavy atom. The van der Waals surface area contributed by atoms with Crippen LogP contribution in [0.5, 0.6) is 0 Å². The number of likely N-dealkylation sites (N-methyl/N-ethyl adjacent to an activating group) is 1. The van der Waals surface area contributed by atoms with Gasteiger partial charge in [-0.2, -0.15) is 0 Å². The van der Waals surface area contributed by atoms with Crippen molar-refractivity contribution in [3.63, 3.8) is 0 Å². The maximum absolute atomic E-state index is 11.7. The Balaban J connectivity index is 2.27. The Morgan fingerprint density at radius 3 is 2.72 bits per heavy atom. The summed E-state index contributed by atoms with van der Waals surface area (Å²) >= 11 is 0. The lowest BCUT2D eigenvalue weighted by atomic mass is 10.0. The number of rotatable bonds is 7. The van der Waals surface area contributed by atoms with Crippen LogP contribution in [0.15, 0.2) is 16.8 Å². The van der Waals surface area contributed by atoms with Crippen LogP contribution in [0.25, 0.3) is 0 Å². The molecule has 0 aliphatic carbocycles. The zero-order chi connectivity index (χ0) is 13.5. The predicted octanol–water partition coefficient (Wildman–Crippen LogP) is 1.31. The second kappa shape index (κ2) is 7.16. The first kappa shape index (κ1) is 14.7. The van der Waals surface area contributed by atoms with Crippen molar-refractivity contribution < 1.29 is 9.32 Å². The molecule has 102 valence electrons. The second-order valence-electron chi connectivity index (χ2n) is 5.06. The van der Waals surface area contributed by atoms with Gasteiger partial charge in [0.15, 0.2) is 0 Å². The summed E-state index contributed by atoms with van der Waals surface area (Å²) in [5.41, 5.74) is 0. The maximum Gasteiger partial charge on any atom is 0.220 e. The molecule has 0 saturated carbocycles. The number of aromatic nitrogens is 1. The highest BCUT2D eigenvalue weighted by atomic mass is 16.5. The van der Waals surface area contributed by atoms with E-state index in [0.29, 0.717) is 31.3 Å². The molecule has 1 aromatic rings. The summed E-state index contributed by atoms with van der Waals surface area (Å²) in [6, 6.07) is 2.14. The zero-order valence-electron chi connectivity index (χ0n) is 11.6. The molecule has 0 spiro atoms. The van der Waals surface area contributed by atoms with Gasteiger partial charge in [-0.3, -0.25) is 4.79 Å². The fraction of sp³-hybridized carbons (Fsp3) is 0.692. The Bertz CT molecular complexity index is 339. The van der Waals surface area contributed by atoms with E-state index in [2.05, 4.69) is 29.2 Å². The average Bonchev–Trinajstić information content (AvgIpc) is 2.78. The first-order chi connectivity index (χ1) is 8.50. The molecular weight excluding hydrogens is 230 g/mol. The summed E-state index contributed by atoms with van der Waals surface area (Å²) in [7, 11) is 4.07. The van der Waals surface area contributed by atoms with Gasteiger partial charge in [-0.15, -0.1) is 0 Å². The van der Waals surface area contributed by atoms with Crippen molar-refractivity contribution in [1.82, 2.24) is 15.4 Å². The molecule has 5 nitrogen and oxygen atoms in total. The lowest BCUT2D eigenvalue weighted by Gasteiger charge is -2.28. The molecule has 0 saturated heterocycles. The molecule has 1 atom stereocenters. The highest BCUT2D eigenvalue weighted by Crippen LogP contribution is 2.06. The number of hydrogen-bond donors (Lipinski definition) is 1. The summed E-state index contributed by atoms with van der Waals surface area (Å²) in [6.45, 7) is 5.00. The molecule has 0 bridgehead atoms. The number of nitrogens with zero attached hydrogens (tertiary/aromatic N) is 2. The van der Waals surface area contributed by atoms with Gasteiger partial charge >= 0.3 is 0 Å². The van der Waals surface area contributed by atoms with Gasteiger partial charge in [-0.1, -0.05) is 19.0 Å². The van der Waals surface area contributed by atoms with E-state index >= 15 is 0 Å². The highest BCUT2D eigenvalue weighted by Gasteiger charge is 2.16. The number of aryl methyl sites for hydroxylation is 1. The standard InChI is InChI=1S/C13H23N3O2/c1-10(2)12(16(3)4)9-14-13(17)6-5-11-7-8-15-18-11/h7-8,10,12H,5-6,9H2,1-4H3,(H,14,17). The Kier molecular flexibility index (Phi) is 5.85. The van der Waals surface area contributed by atoms with Gasteiger partial charge in [-0.05, 0) is 20.0 Å². The molecule has 0 radical (unpaired) electrons. The van der Waals surface area contributed by atoms with Crippen LogP contribution in [0, 0.1) is 5.92 Å². The third kappa shape index (κ3) is 4.87. The summed E-state index contributed by atoms with van der Waals surface area (Å²) in [6.07, 6.45) is 2.63. The lowest BCUT2D eigenvalue weighted by Crippen LogP contribution is -2.43. The molecule has 18 heavy (non-hydrogen) atoms. The van der Waals surface area contributed by atoms with E-state index in [-0.39, 0.29) is 5.91 Å². The average molecular weight is 253 g/mol. The van der Waals surface area contributed by atoms with Crippen molar-refractivity contribution in [3.8, 4) is 0 Å². The van der Waals surface area contributed by atoms with Crippen LogP contribution < -0.4 is 5.32 Å². The van der Waals surface area contributed by atoms with Crippen LogP contribution in [0.4, 0.5) is 0 Å². The third-order valence-corrected chi connectivity index (χ3v) is 3.03. The van der Waals surface area contributed by atoms with Gasteiger partial charge in [0.25, 0.3) is 0 Å². The second-order valence-corrected chi connectivity index (χ2v) is 5.06. The molecule has 5 heteroatoms.